The second-order valence-electron chi connectivity index (χ2n) is 2.47. The highest BCUT2D eigenvalue weighted by Crippen LogP contribution is 1.99. The summed E-state index contributed by atoms with van der Waals surface area (Å²) < 4.78 is 0. The van der Waals surface area contributed by atoms with Gasteiger partial charge in [0.2, 0.25) is 0 Å². The number of aromatic nitrogens is 1. The summed E-state index contributed by atoms with van der Waals surface area (Å²) in [6.07, 6.45) is 0.312. The Labute approximate surface area is 84.4 Å². The molecule has 0 saturated heterocycles. The second-order valence-corrected chi connectivity index (χ2v) is 3.19. The highest BCUT2D eigenvalue weighted by Gasteiger charge is 2.06. The summed E-state index contributed by atoms with van der Waals surface area (Å²) >= 11 is 1.35. The fourth-order valence-electron chi connectivity index (χ4n) is 0.769. The van der Waals surface area contributed by atoms with Crippen LogP contribution < -0.4 is 11.1 Å². The molecule has 1 aromatic heterocycles. The normalized spacial score (nSPS) is 11.3. The predicted molar refractivity (Wildman–Crippen MR) is 52.5 cm³/mol. The zero-order valence-electron chi connectivity index (χ0n) is 7.30. The number of nitrogens with zero attached hydrogens (tertiary/aromatic N) is 2. The molecule has 0 fully saturated rings. The third-order valence-corrected chi connectivity index (χ3v) is 2.05. The van der Waals surface area contributed by atoms with Gasteiger partial charge in [0.15, 0.2) is 0 Å². The van der Waals surface area contributed by atoms with Gasteiger partial charge < -0.3 is 16.3 Å². The Kier molecular flexibility index (Phi) is 3.86. The van der Waals surface area contributed by atoms with Crippen molar-refractivity contribution in [1.29, 1.82) is 0 Å². The number of nitrogens with two attached hydrogens (primary N) is 1. The van der Waals surface area contributed by atoms with Gasteiger partial charge in [-0.25, -0.2) is 4.98 Å². The summed E-state index contributed by atoms with van der Waals surface area (Å²) in [5.41, 5.74) is 7.18. The van der Waals surface area contributed by atoms with Crippen LogP contribution in [0, 0.1) is 0 Å². The average molecular weight is 214 g/mol. The number of amidine groups is 1. The third kappa shape index (κ3) is 3.02. The van der Waals surface area contributed by atoms with Crippen LogP contribution in [0.4, 0.5) is 0 Å². The smallest absolute Gasteiger partial charge is 0.270 e. The van der Waals surface area contributed by atoms with Gasteiger partial charge in [0.05, 0.1) is 5.51 Å². The number of oxime groups is 1. The summed E-state index contributed by atoms with van der Waals surface area (Å²) in [4.78, 5) is 15.1. The Balaban J connectivity index is 2.29. The minimum absolute atomic E-state index is 0.0866. The summed E-state index contributed by atoms with van der Waals surface area (Å²) in [5.74, 6) is -0.166. The molecule has 0 aliphatic carbocycles. The number of hydrogen-bond acceptors (Lipinski definition) is 5. The van der Waals surface area contributed by atoms with Gasteiger partial charge in [-0.3, -0.25) is 4.79 Å². The number of thiazole rings is 1. The number of rotatable bonds is 4. The molecule has 14 heavy (non-hydrogen) atoms. The van der Waals surface area contributed by atoms with E-state index in [0.717, 1.165) is 0 Å². The maximum Gasteiger partial charge on any atom is 0.270 e. The van der Waals surface area contributed by atoms with Crippen molar-refractivity contribution in [3.05, 3.63) is 16.6 Å². The molecule has 0 aliphatic heterocycles. The van der Waals surface area contributed by atoms with Crippen molar-refractivity contribution >= 4 is 23.1 Å². The van der Waals surface area contributed by atoms with Gasteiger partial charge in [-0.15, -0.1) is 11.3 Å². The van der Waals surface area contributed by atoms with E-state index in [1.54, 1.807) is 10.9 Å². The van der Waals surface area contributed by atoms with Crippen molar-refractivity contribution in [2.45, 2.75) is 6.42 Å². The van der Waals surface area contributed by atoms with Crippen molar-refractivity contribution in [3.63, 3.8) is 0 Å². The van der Waals surface area contributed by atoms with Crippen LogP contribution in [-0.4, -0.2) is 28.5 Å². The van der Waals surface area contributed by atoms with Crippen LogP contribution in [0.2, 0.25) is 0 Å². The Hall–Kier alpha value is -1.63. The number of carbonyl (C=O) groups excluding carboxylic acids is 1. The van der Waals surface area contributed by atoms with Crippen LogP contribution in [0.25, 0.3) is 0 Å². The molecule has 0 atom stereocenters. The van der Waals surface area contributed by atoms with Crippen LogP contribution in [-0.2, 0) is 0 Å². The topological polar surface area (TPSA) is 101 Å². The monoisotopic (exact) mass is 214 g/mol. The van der Waals surface area contributed by atoms with E-state index in [9.17, 15) is 4.79 Å². The largest absolute Gasteiger partial charge is 0.409 e. The first-order chi connectivity index (χ1) is 6.74. The maximum absolute atomic E-state index is 11.3. The molecule has 7 heteroatoms. The van der Waals surface area contributed by atoms with E-state index in [-0.39, 0.29) is 11.7 Å². The molecule has 1 aromatic rings. The fourth-order valence-corrected chi connectivity index (χ4v) is 1.30. The van der Waals surface area contributed by atoms with Gasteiger partial charge in [0.25, 0.3) is 5.91 Å². The Morgan fingerprint density at radius 2 is 2.57 bits per heavy atom. The van der Waals surface area contributed by atoms with Crippen molar-refractivity contribution in [3.8, 4) is 0 Å². The molecule has 0 spiro atoms. The zero-order valence-corrected chi connectivity index (χ0v) is 8.12. The van der Waals surface area contributed by atoms with Gasteiger partial charge in [-0.1, -0.05) is 5.16 Å². The molecule has 76 valence electrons. The number of carbonyl (C=O) groups is 1. The van der Waals surface area contributed by atoms with E-state index in [1.807, 2.05) is 0 Å². The van der Waals surface area contributed by atoms with Gasteiger partial charge >= 0.3 is 0 Å². The number of hydrogen-bond donors (Lipinski definition) is 3. The summed E-state index contributed by atoms with van der Waals surface area (Å²) in [7, 11) is 0. The first-order valence-electron chi connectivity index (χ1n) is 3.87. The summed E-state index contributed by atoms with van der Waals surface area (Å²) in [5, 5.41) is 15.2. The molecule has 0 saturated carbocycles. The van der Waals surface area contributed by atoms with Crippen LogP contribution in [0.1, 0.15) is 16.9 Å². The molecule has 0 radical (unpaired) electrons. The van der Waals surface area contributed by atoms with Gasteiger partial charge in [-0.2, -0.15) is 0 Å². The molecule has 0 unspecified atom stereocenters. The maximum atomic E-state index is 11.3. The van der Waals surface area contributed by atoms with E-state index in [1.165, 1.54) is 11.3 Å². The third-order valence-electron chi connectivity index (χ3n) is 1.46. The van der Waals surface area contributed by atoms with E-state index < -0.39 is 0 Å². The van der Waals surface area contributed by atoms with Gasteiger partial charge in [0, 0.05) is 18.3 Å². The quantitative estimate of drug-likeness (QED) is 0.284. The van der Waals surface area contributed by atoms with Crippen LogP contribution in [0.5, 0.6) is 0 Å². The lowest BCUT2D eigenvalue weighted by Crippen LogP contribution is -2.28. The fraction of sp³-hybridized carbons (Fsp3) is 0.286. The van der Waals surface area contributed by atoms with E-state index in [4.69, 9.17) is 10.9 Å². The Morgan fingerprint density at radius 1 is 1.79 bits per heavy atom. The minimum Gasteiger partial charge on any atom is -0.409 e. The molecule has 1 amide bonds. The molecular weight excluding hydrogens is 204 g/mol. The van der Waals surface area contributed by atoms with Crippen molar-refractivity contribution in [1.82, 2.24) is 10.3 Å². The SMILES string of the molecule is NC(CCNC(=O)c1cscn1)=NO. The molecule has 0 aliphatic rings. The van der Waals surface area contributed by atoms with Crippen LogP contribution in [0.3, 0.4) is 0 Å². The van der Waals surface area contributed by atoms with Crippen LogP contribution >= 0.6 is 11.3 Å². The highest BCUT2D eigenvalue weighted by molar-refractivity contribution is 7.07. The highest BCUT2D eigenvalue weighted by atomic mass is 32.1. The lowest BCUT2D eigenvalue weighted by Gasteiger charge is -2.01. The standard InChI is InChI=1S/C7H10N4O2S/c8-6(11-13)1-2-9-7(12)5-3-14-4-10-5/h3-4,13H,1-2H2,(H2,8,11)(H,9,12). The molecule has 1 rings (SSSR count). The van der Waals surface area contributed by atoms with Crippen LogP contribution in [0.15, 0.2) is 16.0 Å². The first-order valence-corrected chi connectivity index (χ1v) is 4.81. The molecule has 1 heterocycles. The predicted octanol–water partition coefficient (Wildman–Crippen LogP) is 0.00940. The number of nitrogens with one attached hydrogen (secondary N) is 1. The average Bonchev–Trinajstić information content (AvgIpc) is 2.70. The minimum atomic E-state index is -0.253. The Morgan fingerprint density at radius 3 is 3.14 bits per heavy atom. The van der Waals surface area contributed by atoms with E-state index in [2.05, 4.69) is 15.5 Å². The zero-order chi connectivity index (χ0) is 10.4. The van der Waals surface area contributed by atoms with E-state index in [0.29, 0.717) is 18.7 Å². The molecular formula is C7H10N4O2S. The summed E-state index contributed by atoms with van der Waals surface area (Å²) in [6.45, 7) is 0.326. The van der Waals surface area contributed by atoms with Crippen molar-refractivity contribution in [2.24, 2.45) is 10.9 Å². The summed E-state index contributed by atoms with van der Waals surface area (Å²) in [6, 6.07) is 0. The first kappa shape index (κ1) is 10.5. The second kappa shape index (κ2) is 5.18. The van der Waals surface area contributed by atoms with Crippen molar-refractivity contribution in [2.75, 3.05) is 6.54 Å². The van der Waals surface area contributed by atoms with Gasteiger partial charge in [0.1, 0.15) is 11.5 Å². The number of amides is 1. The Bertz CT molecular complexity index is 322. The lowest BCUT2D eigenvalue weighted by atomic mass is 10.4. The van der Waals surface area contributed by atoms with E-state index >= 15 is 0 Å². The van der Waals surface area contributed by atoms with Gasteiger partial charge in [-0.05, 0) is 0 Å². The van der Waals surface area contributed by atoms with Crippen molar-refractivity contribution < 1.29 is 10.0 Å². The molecule has 4 N–H and O–H groups in total. The molecule has 6 nitrogen and oxygen atoms in total. The molecule has 0 bridgehead atoms. The molecule has 0 aromatic carbocycles. The lowest BCUT2D eigenvalue weighted by molar-refractivity contribution is 0.0950.